The van der Waals surface area contributed by atoms with Crippen LogP contribution in [0, 0.1) is 6.92 Å². The van der Waals surface area contributed by atoms with Crippen LogP contribution in [0.25, 0.3) is 0 Å². The van der Waals surface area contributed by atoms with Gasteiger partial charge in [-0.2, -0.15) is 15.0 Å². The van der Waals surface area contributed by atoms with Gasteiger partial charge in [0.15, 0.2) is 0 Å². The van der Waals surface area contributed by atoms with Crippen LogP contribution in [0.1, 0.15) is 26.3 Å². The van der Waals surface area contributed by atoms with E-state index in [4.69, 9.17) is 17.3 Å². The Morgan fingerprint density at radius 2 is 1.65 bits per heavy atom. The quantitative estimate of drug-likeness (QED) is 0.919. The largest absolute Gasteiger partial charge is 0.368 e. The molecule has 2 aromatic rings. The van der Waals surface area contributed by atoms with Gasteiger partial charge in [-0.15, -0.1) is 0 Å². The lowest BCUT2D eigenvalue weighted by molar-refractivity contribution is 0.549. The third kappa shape index (κ3) is 3.17. The highest BCUT2D eigenvalue weighted by Crippen LogP contribution is 2.31. The molecule has 0 unspecified atom stereocenters. The second kappa shape index (κ2) is 5.25. The molecule has 0 aliphatic heterocycles. The minimum absolute atomic E-state index is 0.0915. The lowest BCUT2D eigenvalue weighted by atomic mass is 10.0. The van der Waals surface area contributed by atoms with Crippen molar-refractivity contribution in [3.05, 3.63) is 35.1 Å². The van der Waals surface area contributed by atoms with E-state index in [0.29, 0.717) is 5.95 Å². The number of anilines is 3. The van der Waals surface area contributed by atoms with Crippen molar-refractivity contribution in [3.63, 3.8) is 0 Å². The summed E-state index contributed by atoms with van der Waals surface area (Å²) in [5.74, 6) is 0.556. The Balaban J connectivity index is 2.56. The third-order valence-electron chi connectivity index (χ3n) is 2.78. The minimum Gasteiger partial charge on any atom is -0.368 e. The van der Waals surface area contributed by atoms with E-state index in [0.717, 1.165) is 5.69 Å². The second-order valence-corrected chi connectivity index (χ2v) is 5.94. The number of nitrogens with two attached hydrogens (primary N) is 1. The van der Waals surface area contributed by atoms with E-state index < -0.39 is 0 Å². The summed E-state index contributed by atoms with van der Waals surface area (Å²) in [6.07, 6.45) is 0. The van der Waals surface area contributed by atoms with E-state index in [-0.39, 0.29) is 16.8 Å². The van der Waals surface area contributed by atoms with E-state index in [2.05, 4.69) is 35.7 Å². The van der Waals surface area contributed by atoms with Crippen LogP contribution in [-0.4, -0.2) is 20.5 Å². The molecule has 6 heteroatoms. The average Bonchev–Trinajstić information content (AvgIpc) is 2.29. The number of nitrogens with zero attached hydrogens (tertiary/aromatic N) is 4. The highest BCUT2D eigenvalue weighted by atomic mass is 35.5. The van der Waals surface area contributed by atoms with Crippen molar-refractivity contribution in [2.24, 2.45) is 0 Å². The number of rotatable bonds is 2. The molecule has 20 heavy (non-hydrogen) atoms. The number of hydrogen-bond donors (Lipinski definition) is 1. The highest BCUT2D eigenvalue weighted by molar-refractivity contribution is 6.28. The summed E-state index contributed by atoms with van der Waals surface area (Å²) in [4.78, 5) is 14.2. The summed E-state index contributed by atoms with van der Waals surface area (Å²) in [5.41, 5.74) is 7.61. The maximum absolute atomic E-state index is 5.89. The fourth-order valence-corrected chi connectivity index (χ4v) is 2.11. The minimum atomic E-state index is -0.230. The molecular formula is C14H18ClN5. The summed E-state index contributed by atoms with van der Waals surface area (Å²) < 4.78 is 0. The Morgan fingerprint density at radius 3 is 2.15 bits per heavy atom. The van der Waals surface area contributed by atoms with Gasteiger partial charge in [0.1, 0.15) is 0 Å². The lowest BCUT2D eigenvalue weighted by Gasteiger charge is -2.35. The third-order valence-corrected chi connectivity index (χ3v) is 2.95. The molecule has 0 aliphatic rings. The zero-order valence-corrected chi connectivity index (χ0v) is 12.8. The molecule has 5 nitrogen and oxygen atoms in total. The zero-order valence-electron chi connectivity index (χ0n) is 12.1. The first-order valence-electron chi connectivity index (χ1n) is 6.31. The molecule has 0 radical (unpaired) electrons. The SMILES string of the molecule is Cc1ccc(N(c2nc(N)nc(Cl)n2)C(C)(C)C)cc1. The van der Waals surface area contributed by atoms with Crippen molar-refractivity contribution in [1.29, 1.82) is 0 Å². The number of benzene rings is 1. The molecule has 0 spiro atoms. The normalized spacial score (nSPS) is 11.4. The van der Waals surface area contributed by atoms with E-state index in [1.54, 1.807) is 0 Å². The molecule has 2 N–H and O–H groups in total. The predicted molar refractivity (Wildman–Crippen MR) is 82.3 cm³/mol. The fourth-order valence-electron chi connectivity index (χ4n) is 1.95. The standard InChI is InChI=1S/C14H18ClN5/c1-9-5-7-10(8-6-9)20(14(2,3)4)13-18-11(15)17-12(16)19-13/h5-8H,1-4H3,(H2,16,17,18,19). The molecule has 1 heterocycles. The molecule has 0 bridgehead atoms. The van der Waals surface area contributed by atoms with E-state index in [1.807, 2.05) is 36.1 Å². The van der Waals surface area contributed by atoms with Crippen molar-refractivity contribution in [2.75, 3.05) is 10.6 Å². The number of nitrogen functional groups attached to an aromatic ring is 1. The van der Waals surface area contributed by atoms with Gasteiger partial charge >= 0.3 is 0 Å². The summed E-state index contributed by atoms with van der Waals surface area (Å²) >= 11 is 5.89. The monoisotopic (exact) mass is 291 g/mol. The van der Waals surface area contributed by atoms with Gasteiger partial charge in [-0.05, 0) is 51.4 Å². The van der Waals surface area contributed by atoms with Gasteiger partial charge in [-0.1, -0.05) is 17.7 Å². The average molecular weight is 292 g/mol. The predicted octanol–water partition coefficient (Wildman–Crippen LogP) is 3.35. The van der Waals surface area contributed by atoms with Crippen LogP contribution in [0.5, 0.6) is 0 Å². The van der Waals surface area contributed by atoms with Gasteiger partial charge in [0.25, 0.3) is 0 Å². The Kier molecular flexibility index (Phi) is 3.81. The van der Waals surface area contributed by atoms with E-state index >= 15 is 0 Å². The number of hydrogen-bond acceptors (Lipinski definition) is 5. The van der Waals surface area contributed by atoms with Crippen LogP contribution < -0.4 is 10.6 Å². The summed E-state index contributed by atoms with van der Waals surface area (Å²) in [5, 5.41) is 0.0915. The second-order valence-electron chi connectivity index (χ2n) is 5.60. The van der Waals surface area contributed by atoms with E-state index in [1.165, 1.54) is 5.56 Å². The summed E-state index contributed by atoms with van der Waals surface area (Å²) in [7, 11) is 0. The number of aromatic nitrogens is 3. The fraction of sp³-hybridized carbons (Fsp3) is 0.357. The van der Waals surface area contributed by atoms with Crippen LogP contribution in [-0.2, 0) is 0 Å². The van der Waals surface area contributed by atoms with Crippen molar-refractivity contribution < 1.29 is 0 Å². The first-order valence-corrected chi connectivity index (χ1v) is 6.69. The van der Waals surface area contributed by atoms with Crippen molar-refractivity contribution in [1.82, 2.24) is 15.0 Å². The van der Waals surface area contributed by atoms with Gasteiger partial charge < -0.3 is 10.6 Å². The molecule has 0 fully saturated rings. The molecule has 0 saturated carbocycles. The first-order chi connectivity index (χ1) is 9.27. The lowest BCUT2D eigenvalue weighted by Crippen LogP contribution is -2.39. The number of halogens is 1. The Labute approximate surface area is 123 Å². The molecule has 106 valence electrons. The smallest absolute Gasteiger partial charge is 0.236 e. The van der Waals surface area contributed by atoms with Gasteiger partial charge in [-0.25, -0.2) is 0 Å². The van der Waals surface area contributed by atoms with Gasteiger partial charge in [-0.3, -0.25) is 0 Å². The summed E-state index contributed by atoms with van der Waals surface area (Å²) in [6.45, 7) is 8.26. The van der Waals surface area contributed by atoms with Crippen LogP contribution in [0.3, 0.4) is 0 Å². The van der Waals surface area contributed by atoms with Crippen LogP contribution in [0.4, 0.5) is 17.6 Å². The van der Waals surface area contributed by atoms with Gasteiger partial charge in [0.2, 0.25) is 17.2 Å². The first kappa shape index (κ1) is 14.5. The summed E-state index contributed by atoms with van der Waals surface area (Å²) in [6, 6.07) is 8.13. The maximum atomic E-state index is 5.89. The van der Waals surface area contributed by atoms with Gasteiger partial charge in [0.05, 0.1) is 0 Å². The zero-order chi connectivity index (χ0) is 14.9. The number of aryl methyl sites for hydroxylation is 1. The Bertz CT molecular complexity index is 584. The Morgan fingerprint density at radius 1 is 1.05 bits per heavy atom. The molecule has 2 rings (SSSR count). The van der Waals surface area contributed by atoms with Crippen molar-refractivity contribution in [2.45, 2.75) is 33.2 Å². The van der Waals surface area contributed by atoms with Crippen molar-refractivity contribution >= 4 is 29.2 Å². The molecule has 0 aliphatic carbocycles. The van der Waals surface area contributed by atoms with Crippen molar-refractivity contribution in [3.8, 4) is 0 Å². The molecule has 0 amide bonds. The topological polar surface area (TPSA) is 67.9 Å². The molecule has 1 aromatic carbocycles. The molecule has 0 atom stereocenters. The van der Waals surface area contributed by atoms with Crippen LogP contribution >= 0.6 is 11.6 Å². The Hall–Kier alpha value is -1.88. The maximum Gasteiger partial charge on any atom is 0.236 e. The van der Waals surface area contributed by atoms with Crippen LogP contribution in [0.2, 0.25) is 5.28 Å². The van der Waals surface area contributed by atoms with E-state index in [9.17, 15) is 0 Å². The molecule has 0 saturated heterocycles. The molecular weight excluding hydrogens is 274 g/mol. The molecule has 1 aromatic heterocycles. The van der Waals surface area contributed by atoms with Crippen LogP contribution in [0.15, 0.2) is 24.3 Å². The van der Waals surface area contributed by atoms with Gasteiger partial charge in [0, 0.05) is 11.2 Å². The highest BCUT2D eigenvalue weighted by Gasteiger charge is 2.26.